The topological polar surface area (TPSA) is 104 Å². The molecule has 1 fully saturated rings. The van der Waals surface area contributed by atoms with Gasteiger partial charge in [0.2, 0.25) is 5.88 Å². The number of hydrogen-bond acceptors (Lipinski definition) is 9. The summed E-state index contributed by atoms with van der Waals surface area (Å²) in [5.74, 6) is 0.208. The monoisotopic (exact) mass is 509 g/mol. The number of amidine groups is 1. The number of hydrogen-bond donors (Lipinski definition) is 2. The highest BCUT2D eigenvalue weighted by atomic mass is 32.1. The molecule has 13 heteroatoms. The highest BCUT2D eigenvalue weighted by Gasteiger charge is 2.40. The average Bonchev–Trinajstić information content (AvgIpc) is 3.20. The Morgan fingerprint density at radius 1 is 1.29 bits per heavy atom. The van der Waals surface area contributed by atoms with E-state index in [1.165, 1.54) is 6.20 Å². The number of aryl methyl sites for hydroxylation is 1. The molecule has 0 aromatic carbocycles. The van der Waals surface area contributed by atoms with Gasteiger partial charge in [-0.25, -0.2) is 4.98 Å². The molecule has 0 radical (unpaired) electrons. The second kappa shape index (κ2) is 10.7. The first-order chi connectivity index (χ1) is 16.7. The number of carbonyl (C=O) groups excluding carboxylic acids is 1. The molecule has 188 valence electrons. The van der Waals surface area contributed by atoms with Gasteiger partial charge in [-0.2, -0.15) is 17.5 Å². The third-order valence-corrected chi connectivity index (χ3v) is 6.64. The summed E-state index contributed by atoms with van der Waals surface area (Å²) in [5.41, 5.74) is 1.22. The fraction of sp³-hybridized carbons (Fsp3) is 0.500. The van der Waals surface area contributed by atoms with Crippen LogP contribution in [0.2, 0.25) is 0 Å². The van der Waals surface area contributed by atoms with E-state index in [0.29, 0.717) is 22.3 Å². The van der Waals surface area contributed by atoms with E-state index < -0.39 is 24.7 Å². The van der Waals surface area contributed by atoms with E-state index in [0.717, 1.165) is 50.2 Å². The van der Waals surface area contributed by atoms with Gasteiger partial charge in [0.15, 0.2) is 6.04 Å². The number of aromatic nitrogens is 2. The van der Waals surface area contributed by atoms with Crippen LogP contribution in [0.5, 0.6) is 5.88 Å². The minimum atomic E-state index is -4.45. The molecule has 2 N–H and O–H groups in total. The molecule has 2 aliphatic rings. The Labute approximate surface area is 204 Å². The van der Waals surface area contributed by atoms with Crippen molar-refractivity contribution in [1.29, 1.82) is 0 Å². The minimum absolute atomic E-state index is 0.122. The summed E-state index contributed by atoms with van der Waals surface area (Å²) in [6, 6.07) is 1.56. The van der Waals surface area contributed by atoms with Crippen LogP contribution >= 0.6 is 11.5 Å². The Bertz CT molecular complexity index is 1090. The van der Waals surface area contributed by atoms with Gasteiger partial charge in [-0.1, -0.05) is 6.92 Å². The van der Waals surface area contributed by atoms with Gasteiger partial charge in [0.1, 0.15) is 16.9 Å². The van der Waals surface area contributed by atoms with Crippen LogP contribution < -0.4 is 15.4 Å². The maximum absolute atomic E-state index is 12.9. The van der Waals surface area contributed by atoms with Crippen molar-refractivity contribution in [2.75, 3.05) is 36.8 Å². The predicted molar refractivity (Wildman–Crippen MR) is 129 cm³/mol. The van der Waals surface area contributed by atoms with Crippen LogP contribution in [-0.4, -0.2) is 76.7 Å². The SMILES string of the molecule is CCN1CCC(Oc2ccc(NC(=O)c3c(C)nsc3NC3=NCC(C(F)(F)F)N=C3)cn2)CC1. The van der Waals surface area contributed by atoms with E-state index in [9.17, 15) is 18.0 Å². The molecule has 0 aliphatic carbocycles. The molecular formula is C22H26F3N7O2S. The first kappa shape index (κ1) is 25.0. The van der Waals surface area contributed by atoms with Crippen LogP contribution in [0.1, 0.15) is 35.8 Å². The number of anilines is 2. The molecule has 1 amide bonds. The lowest BCUT2D eigenvalue weighted by Gasteiger charge is -2.30. The summed E-state index contributed by atoms with van der Waals surface area (Å²) in [6.07, 6.45) is 0.108. The number of rotatable bonds is 6. The first-order valence-electron chi connectivity index (χ1n) is 11.3. The van der Waals surface area contributed by atoms with Gasteiger partial charge in [0.25, 0.3) is 5.91 Å². The number of halogens is 3. The molecule has 9 nitrogen and oxygen atoms in total. The highest BCUT2D eigenvalue weighted by molar-refractivity contribution is 7.11. The van der Waals surface area contributed by atoms with Crippen molar-refractivity contribution in [3.8, 4) is 5.88 Å². The molecule has 2 aliphatic heterocycles. The fourth-order valence-corrected chi connectivity index (χ4v) is 4.57. The molecule has 35 heavy (non-hydrogen) atoms. The average molecular weight is 510 g/mol. The normalized spacial score (nSPS) is 19.3. The summed E-state index contributed by atoms with van der Waals surface area (Å²) in [7, 11) is 0. The second-order valence-corrected chi connectivity index (χ2v) is 9.02. The van der Waals surface area contributed by atoms with Crippen molar-refractivity contribution in [1.82, 2.24) is 14.3 Å². The molecule has 1 saturated heterocycles. The van der Waals surface area contributed by atoms with E-state index in [1.54, 1.807) is 19.1 Å². The Hall–Kier alpha value is -3.06. The summed E-state index contributed by atoms with van der Waals surface area (Å²) in [5, 5.41) is 6.00. The van der Waals surface area contributed by atoms with Crippen molar-refractivity contribution in [3.63, 3.8) is 0 Å². The Morgan fingerprint density at radius 2 is 2.06 bits per heavy atom. The van der Waals surface area contributed by atoms with Crippen molar-refractivity contribution < 1.29 is 22.7 Å². The molecule has 1 unspecified atom stereocenters. The van der Waals surface area contributed by atoms with E-state index >= 15 is 0 Å². The lowest BCUT2D eigenvalue weighted by Crippen LogP contribution is -2.38. The van der Waals surface area contributed by atoms with Gasteiger partial charge >= 0.3 is 6.18 Å². The number of carbonyl (C=O) groups is 1. The number of aliphatic imine (C=N–C) groups is 2. The zero-order valence-electron chi connectivity index (χ0n) is 19.3. The maximum Gasteiger partial charge on any atom is 0.412 e. The summed E-state index contributed by atoms with van der Waals surface area (Å²) in [4.78, 5) is 27.0. The lowest BCUT2D eigenvalue weighted by atomic mass is 10.1. The Kier molecular flexibility index (Phi) is 7.65. The molecular weight excluding hydrogens is 483 g/mol. The van der Waals surface area contributed by atoms with Crippen molar-refractivity contribution in [2.24, 2.45) is 9.98 Å². The molecule has 4 rings (SSSR count). The zero-order chi connectivity index (χ0) is 25.0. The van der Waals surface area contributed by atoms with Gasteiger partial charge in [0, 0.05) is 19.2 Å². The van der Waals surface area contributed by atoms with Gasteiger partial charge in [-0.3, -0.25) is 14.8 Å². The third-order valence-electron chi connectivity index (χ3n) is 5.78. The third kappa shape index (κ3) is 6.34. The minimum Gasteiger partial charge on any atom is -0.474 e. The predicted octanol–water partition coefficient (Wildman–Crippen LogP) is 3.79. The van der Waals surface area contributed by atoms with E-state index in [2.05, 4.69) is 41.8 Å². The van der Waals surface area contributed by atoms with Gasteiger partial charge in [-0.05, 0) is 43.9 Å². The number of piperidine rings is 1. The van der Waals surface area contributed by atoms with Gasteiger partial charge in [-0.15, -0.1) is 0 Å². The Morgan fingerprint density at radius 3 is 2.66 bits per heavy atom. The number of pyridine rings is 1. The summed E-state index contributed by atoms with van der Waals surface area (Å²) in [6.45, 7) is 6.34. The Balaban J connectivity index is 1.35. The number of amides is 1. The first-order valence-corrected chi connectivity index (χ1v) is 12.0. The molecule has 2 aromatic heterocycles. The number of ether oxygens (including phenoxy) is 1. The van der Waals surface area contributed by atoms with Crippen LogP contribution in [0.4, 0.5) is 23.9 Å². The molecule has 0 spiro atoms. The number of likely N-dealkylation sites (tertiary alicyclic amines) is 1. The number of nitrogens with one attached hydrogen (secondary N) is 2. The lowest BCUT2D eigenvalue weighted by molar-refractivity contribution is -0.144. The second-order valence-electron chi connectivity index (χ2n) is 8.25. The van der Waals surface area contributed by atoms with Crippen LogP contribution in [0.25, 0.3) is 0 Å². The van der Waals surface area contributed by atoms with Crippen LogP contribution in [-0.2, 0) is 0 Å². The van der Waals surface area contributed by atoms with Crippen LogP contribution in [0.15, 0.2) is 28.3 Å². The van der Waals surface area contributed by atoms with Gasteiger partial charge in [0.05, 0.1) is 35.9 Å². The summed E-state index contributed by atoms with van der Waals surface area (Å²) >= 11 is 1.01. The highest BCUT2D eigenvalue weighted by Crippen LogP contribution is 2.28. The molecule has 2 aromatic rings. The van der Waals surface area contributed by atoms with E-state index in [-0.39, 0.29) is 17.5 Å². The van der Waals surface area contributed by atoms with Crippen molar-refractivity contribution in [3.05, 3.63) is 29.6 Å². The zero-order valence-corrected chi connectivity index (χ0v) is 20.1. The smallest absolute Gasteiger partial charge is 0.412 e. The molecule has 0 bridgehead atoms. The largest absolute Gasteiger partial charge is 0.474 e. The standard InChI is InChI=1S/C22H26F3N7O2S/c1-3-32-8-6-15(7-9-32)34-18-5-4-14(10-28-18)29-20(33)19-13(2)31-35-21(19)30-17-12-26-16(11-27-17)22(23,24)25/h4-5,10,12,15-16H,3,6-9,11H2,1-2H3,(H,27,30)(H,29,33). The quantitative estimate of drug-likeness (QED) is 0.614. The van der Waals surface area contributed by atoms with Crippen LogP contribution in [0.3, 0.4) is 0 Å². The maximum atomic E-state index is 12.9. The number of nitrogens with zero attached hydrogens (tertiary/aromatic N) is 5. The van der Waals surface area contributed by atoms with E-state index in [4.69, 9.17) is 4.74 Å². The van der Waals surface area contributed by atoms with Crippen molar-refractivity contribution >= 4 is 40.2 Å². The fourth-order valence-electron chi connectivity index (χ4n) is 3.76. The molecule has 1 atom stereocenters. The van der Waals surface area contributed by atoms with Crippen molar-refractivity contribution in [2.45, 2.75) is 45.0 Å². The molecule has 0 saturated carbocycles. The van der Waals surface area contributed by atoms with E-state index in [1.807, 2.05) is 0 Å². The summed E-state index contributed by atoms with van der Waals surface area (Å²) < 4.78 is 48.5. The van der Waals surface area contributed by atoms with Crippen LogP contribution in [0, 0.1) is 6.92 Å². The van der Waals surface area contributed by atoms with Gasteiger partial charge < -0.3 is 20.3 Å². The number of alkyl halides is 3. The molecule has 4 heterocycles.